The van der Waals surface area contributed by atoms with Crippen molar-refractivity contribution in [1.29, 1.82) is 0 Å². The summed E-state index contributed by atoms with van der Waals surface area (Å²) in [7, 11) is 1.88. The van der Waals surface area contributed by atoms with Crippen LogP contribution in [-0.2, 0) is 11.8 Å². The van der Waals surface area contributed by atoms with Crippen LogP contribution in [0.1, 0.15) is 5.56 Å². The minimum atomic E-state index is -0.230. The molecule has 1 N–H and O–H groups in total. The smallest absolute Gasteiger partial charge is 0.250 e. The van der Waals surface area contributed by atoms with Crippen LogP contribution in [0.3, 0.4) is 0 Å². The molecule has 142 valence electrons. The van der Waals surface area contributed by atoms with Gasteiger partial charge in [0.2, 0.25) is 6.79 Å². The Morgan fingerprint density at radius 2 is 2.04 bits per heavy atom. The molecule has 2 heterocycles. The number of fused-ring (bicyclic) bond motifs is 1. The van der Waals surface area contributed by atoms with E-state index in [0.717, 1.165) is 17.0 Å². The summed E-state index contributed by atoms with van der Waals surface area (Å²) in [4.78, 5) is 12.0. The van der Waals surface area contributed by atoms with Crippen LogP contribution in [0.2, 0.25) is 0 Å². The normalized spacial score (nSPS) is 12.5. The lowest BCUT2D eigenvalue weighted by molar-refractivity contribution is -0.118. The van der Waals surface area contributed by atoms with E-state index in [1.165, 1.54) is 11.8 Å². The summed E-state index contributed by atoms with van der Waals surface area (Å²) in [5.74, 6) is 2.08. The molecule has 0 saturated heterocycles. The van der Waals surface area contributed by atoms with Crippen molar-refractivity contribution in [1.82, 2.24) is 20.2 Å². The molecule has 0 spiro atoms. The van der Waals surface area contributed by atoms with E-state index >= 15 is 0 Å². The van der Waals surface area contributed by atoms with Crippen LogP contribution < -0.4 is 14.9 Å². The lowest BCUT2D eigenvalue weighted by Crippen LogP contribution is -2.19. The largest absolute Gasteiger partial charge is 0.454 e. The van der Waals surface area contributed by atoms with Gasteiger partial charge in [-0.05, 0) is 23.8 Å². The molecular weight excluding hydrogens is 378 g/mol. The quantitative estimate of drug-likeness (QED) is 0.392. The molecule has 0 radical (unpaired) electrons. The van der Waals surface area contributed by atoms with Crippen molar-refractivity contribution < 1.29 is 14.3 Å². The Bertz CT molecular complexity index is 1020. The van der Waals surface area contributed by atoms with Crippen molar-refractivity contribution in [3.63, 3.8) is 0 Å². The number of hydrogen-bond donors (Lipinski definition) is 1. The van der Waals surface area contributed by atoms with Crippen molar-refractivity contribution in [3.8, 4) is 22.9 Å². The molecule has 4 rings (SSSR count). The highest BCUT2D eigenvalue weighted by Crippen LogP contribution is 2.32. The number of rotatable bonds is 6. The third kappa shape index (κ3) is 3.99. The minimum Gasteiger partial charge on any atom is -0.454 e. The molecule has 0 aliphatic carbocycles. The number of nitrogens with zero attached hydrogens (tertiary/aromatic N) is 4. The number of thioether (sulfide) groups is 1. The third-order valence-corrected chi connectivity index (χ3v) is 5.02. The summed E-state index contributed by atoms with van der Waals surface area (Å²) in [6.07, 6.45) is 1.56. The summed E-state index contributed by atoms with van der Waals surface area (Å²) >= 11 is 1.30. The van der Waals surface area contributed by atoms with E-state index in [0.29, 0.717) is 16.7 Å². The average molecular weight is 395 g/mol. The van der Waals surface area contributed by atoms with Gasteiger partial charge in [-0.2, -0.15) is 5.10 Å². The van der Waals surface area contributed by atoms with Gasteiger partial charge in [-0.3, -0.25) is 4.79 Å². The average Bonchev–Trinajstić information content (AvgIpc) is 3.33. The standard InChI is InChI=1S/C19H17N5O3S/c1-24-18(14-5-3-2-4-6-14)22-23-19(24)28-11-17(25)21-20-10-13-7-8-15-16(9-13)27-12-26-15/h2-10H,11-12H2,1H3,(H,21,25)/b20-10+. The maximum Gasteiger partial charge on any atom is 0.250 e. The fourth-order valence-electron chi connectivity index (χ4n) is 2.61. The van der Waals surface area contributed by atoms with E-state index in [2.05, 4.69) is 20.7 Å². The van der Waals surface area contributed by atoms with Crippen molar-refractivity contribution in [2.45, 2.75) is 5.16 Å². The fourth-order valence-corrected chi connectivity index (χ4v) is 3.32. The monoisotopic (exact) mass is 395 g/mol. The number of hydrazone groups is 1. The maximum atomic E-state index is 12.0. The first kappa shape index (κ1) is 18.1. The molecule has 0 bridgehead atoms. The summed E-state index contributed by atoms with van der Waals surface area (Å²) in [5, 5.41) is 13.0. The zero-order valence-electron chi connectivity index (χ0n) is 15.0. The first-order valence-corrected chi connectivity index (χ1v) is 9.48. The molecule has 28 heavy (non-hydrogen) atoms. The molecule has 0 saturated carbocycles. The zero-order chi connectivity index (χ0) is 19.3. The fraction of sp³-hybridized carbons (Fsp3) is 0.158. The number of ether oxygens (including phenoxy) is 2. The van der Waals surface area contributed by atoms with Crippen LogP contribution >= 0.6 is 11.8 Å². The second-order valence-electron chi connectivity index (χ2n) is 5.93. The number of benzene rings is 2. The number of aromatic nitrogens is 3. The molecule has 8 nitrogen and oxygen atoms in total. The van der Waals surface area contributed by atoms with Gasteiger partial charge in [0.25, 0.3) is 5.91 Å². The van der Waals surface area contributed by atoms with Crippen LogP contribution in [0, 0.1) is 0 Å². The summed E-state index contributed by atoms with van der Waals surface area (Å²) in [6, 6.07) is 15.2. The van der Waals surface area contributed by atoms with Crippen LogP contribution in [0.4, 0.5) is 0 Å². The van der Waals surface area contributed by atoms with E-state index in [4.69, 9.17) is 9.47 Å². The lowest BCUT2D eigenvalue weighted by Gasteiger charge is -2.03. The third-order valence-electron chi connectivity index (χ3n) is 4.00. The van der Waals surface area contributed by atoms with Gasteiger partial charge in [-0.15, -0.1) is 10.2 Å². The Labute approximate surface area is 165 Å². The first-order chi connectivity index (χ1) is 13.7. The summed E-state index contributed by atoms with van der Waals surface area (Å²) in [6.45, 7) is 0.220. The molecule has 1 amide bonds. The molecule has 9 heteroatoms. The number of carbonyl (C=O) groups excluding carboxylic acids is 1. The Hall–Kier alpha value is -3.33. The molecule has 1 aliphatic rings. The predicted octanol–water partition coefficient (Wildman–Crippen LogP) is 2.45. The Morgan fingerprint density at radius 1 is 1.21 bits per heavy atom. The van der Waals surface area contributed by atoms with E-state index in [1.54, 1.807) is 18.3 Å². The Balaban J connectivity index is 1.31. The van der Waals surface area contributed by atoms with Gasteiger partial charge in [-0.1, -0.05) is 42.1 Å². The zero-order valence-corrected chi connectivity index (χ0v) is 15.8. The molecule has 2 aromatic carbocycles. The predicted molar refractivity (Wildman–Crippen MR) is 105 cm³/mol. The molecular formula is C19H17N5O3S. The minimum absolute atomic E-state index is 0.180. The number of nitrogens with one attached hydrogen (secondary N) is 1. The van der Waals surface area contributed by atoms with E-state index < -0.39 is 0 Å². The number of carbonyl (C=O) groups is 1. The molecule has 1 aromatic heterocycles. The van der Waals surface area contributed by atoms with Crippen LogP contribution in [-0.4, -0.2) is 39.4 Å². The molecule has 0 fully saturated rings. The van der Waals surface area contributed by atoms with Gasteiger partial charge < -0.3 is 14.0 Å². The molecule has 3 aromatic rings. The van der Waals surface area contributed by atoms with Gasteiger partial charge in [0.1, 0.15) is 0 Å². The first-order valence-electron chi connectivity index (χ1n) is 8.50. The van der Waals surface area contributed by atoms with Gasteiger partial charge in [0, 0.05) is 12.6 Å². The molecule has 0 unspecified atom stereocenters. The highest BCUT2D eigenvalue weighted by atomic mass is 32.2. The van der Waals surface area contributed by atoms with Gasteiger partial charge >= 0.3 is 0 Å². The van der Waals surface area contributed by atoms with Crippen LogP contribution in [0.5, 0.6) is 11.5 Å². The summed E-state index contributed by atoms with van der Waals surface area (Å²) < 4.78 is 12.4. The second-order valence-corrected chi connectivity index (χ2v) is 6.87. The molecule has 0 atom stereocenters. The topological polar surface area (TPSA) is 90.6 Å². The second kappa shape index (κ2) is 8.13. The van der Waals surface area contributed by atoms with Gasteiger partial charge in [0.05, 0.1) is 12.0 Å². The Kier molecular flexibility index (Phi) is 5.24. The summed E-state index contributed by atoms with van der Waals surface area (Å²) in [5.41, 5.74) is 4.29. The maximum absolute atomic E-state index is 12.0. The van der Waals surface area contributed by atoms with Crippen molar-refractivity contribution in [2.75, 3.05) is 12.5 Å². The van der Waals surface area contributed by atoms with Crippen molar-refractivity contribution in [3.05, 3.63) is 54.1 Å². The lowest BCUT2D eigenvalue weighted by atomic mass is 10.2. The Morgan fingerprint density at radius 3 is 2.89 bits per heavy atom. The van der Waals surface area contributed by atoms with Crippen LogP contribution in [0.25, 0.3) is 11.4 Å². The van der Waals surface area contributed by atoms with Crippen molar-refractivity contribution >= 4 is 23.9 Å². The van der Waals surface area contributed by atoms with E-state index in [9.17, 15) is 4.79 Å². The van der Waals surface area contributed by atoms with Crippen molar-refractivity contribution in [2.24, 2.45) is 12.1 Å². The van der Waals surface area contributed by atoms with Gasteiger partial charge in [0.15, 0.2) is 22.5 Å². The SMILES string of the molecule is Cn1c(SCC(=O)N/N=C/c2ccc3c(c2)OCO3)nnc1-c1ccccc1. The highest BCUT2D eigenvalue weighted by Gasteiger charge is 2.13. The molecule has 1 aliphatic heterocycles. The van der Waals surface area contributed by atoms with Gasteiger partial charge in [-0.25, -0.2) is 5.43 Å². The number of amides is 1. The number of hydrogen-bond acceptors (Lipinski definition) is 7. The highest BCUT2D eigenvalue weighted by molar-refractivity contribution is 7.99. The van der Waals surface area contributed by atoms with E-state index in [-0.39, 0.29) is 18.5 Å². The van der Waals surface area contributed by atoms with E-state index in [1.807, 2.05) is 48.0 Å². The van der Waals surface area contributed by atoms with Crippen LogP contribution in [0.15, 0.2) is 58.8 Å².